The molecule has 0 aliphatic heterocycles. The highest BCUT2D eigenvalue weighted by molar-refractivity contribution is 5.95. The van der Waals surface area contributed by atoms with Crippen molar-refractivity contribution in [3.05, 3.63) is 41.7 Å². The van der Waals surface area contributed by atoms with Crippen LogP contribution in [0.2, 0.25) is 0 Å². The monoisotopic (exact) mass is 307 g/mol. The van der Waals surface area contributed by atoms with E-state index in [4.69, 9.17) is 4.52 Å². The Kier molecular flexibility index (Phi) is 2.87. The van der Waals surface area contributed by atoms with E-state index in [-0.39, 0.29) is 0 Å². The molecule has 0 atom stereocenters. The van der Waals surface area contributed by atoms with Gasteiger partial charge in [0.1, 0.15) is 11.6 Å². The van der Waals surface area contributed by atoms with Gasteiger partial charge >= 0.3 is 0 Å². The van der Waals surface area contributed by atoms with Crippen LogP contribution in [0.5, 0.6) is 0 Å². The number of H-pyrrole nitrogens is 1. The Hall–Kier alpha value is -2.89. The number of rotatable bonds is 2. The molecule has 4 aromatic rings. The molecule has 0 radical (unpaired) electrons. The minimum atomic E-state index is 0.814. The van der Waals surface area contributed by atoms with E-state index in [0.717, 1.165) is 50.7 Å². The number of imidazole rings is 1. The summed E-state index contributed by atoms with van der Waals surface area (Å²) in [6.07, 6.45) is 1.79. The molecule has 6 heteroatoms. The van der Waals surface area contributed by atoms with Crippen LogP contribution in [0.4, 0.5) is 0 Å². The Morgan fingerprint density at radius 3 is 2.65 bits per heavy atom. The zero-order valence-electron chi connectivity index (χ0n) is 13.5. The number of hydrogen-bond donors (Lipinski definition) is 1. The van der Waals surface area contributed by atoms with Crippen LogP contribution in [-0.2, 0) is 7.05 Å². The highest BCUT2D eigenvalue weighted by Gasteiger charge is 2.17. The van der Waals surface area contributed by atoms with Crippen LogP contribution >= 0.6 is 0 Å². The summed E-state index contributed by atoms with van der Waals surface area (Å²) < 4.78 is 7.18. The molecular weight excluding hydrogens is 290 g/mol. The molecule has 23 heavy (non-hydrogen) atoms. The predicted octanol–water partition coefficient (Wildman–Crippen LogP) is 3.54. The lowest BCUT2D eigenvalue weighted by atomic mass is 9.99. The molecular formula is C17H17N5O. The third kappa shape index (κ3) is 2.06. The Morgan fingerprint density at radius 2 is 2.00 bits per heavy atom. The number of hydrogen-bond acceptors (Lipinski definition) is 4. The van der Waals surface area contributed by atoms with Crippen LogP contribution in [0.3, 0.4) is 0 Å². The molecule has 4 rings (SSSR count). The van der Waals surface area contributed by atoms with Crippen molar-refractivity contribution < 1.29 is 4.52 Å². The minimum absolute atomic E-state index is 0.814. The van der Waals surface area contributed by atoms with Crippen molar-refractivity contribution in [2.75, 3.05) is 0 Å². The molecule has 3 aromatic heterocycles. The van der Waals surface area contributed by atoms with E-state index in [1.165, 1.54) is 0 Å². The first kappa shape index (κ1) is 13.8. The van der Waals surface area contributed by atoms with E-state index >= 15 is 0 Å². The standard InChI is InChI=1S/C17H17N5O/c1-9-16(10(2)23-21-9)12-7-13(15-5-6-18-22(15)4)17-14(8-12)19-11(3)20-17/h5-8H,1-4H3,(H,19,20). The largest absolute Gasteiger partial charge is 0.361 e. The molecule has 0 fully saturated rings. The zero-order chi connectivity index (χ0) is 16.1. The lowest BCUT2D eigenvalue weighted by Crippen LogP contribution is -1.95. The Bertz CT molecular complexity index is 1000. The summed E-state index contributed by atoms with van der Waals surface area (Å²) in [5.74, 6) is 1.70. The van der Waals surface area contributed by atoms with E-state index in [1.807, 2.05) is 38.6 Å². The van der Waals surface area contributed by atoms with Crippen molar-refractivity contribution in [1.29, 1.82) is 0 Å². The molecule has 0 bridgehead atoms. The van der Waals surface area contributed by atoms with Crippen molar-refractivity contribution >= 4 is 11.0 Å². The second-order valence-corrected chi connectivity index (χ2v) is 5.78. The second-order valence-electron chi connectivity index (χ2n) is 5.78. The summed E-state index contributed by atoms with van der Waals surface area (Å²) in [5, 5.41) is 8.35. The van der Waals surface area contributed by atoms with Gasteiger partial charge in [0.15, 0.2) is 0 Å². The SMILES string of the molecule is Cc1nc2c(-c3ccnn3C)cc(-c3c(C)noc3C)cc2[nH]1. The summed E-state index contributed by atoms with van der Waals surface area (Å²) in [4.78, 5) is 7.97. The Morgan fingerprint density at radius 1 is 1.17 bits per heavy atom. The molecule has 0 amide bonds. The number of fused-ring (bicyclic) bond motifs is 1. The van der Waals surface area contributed by atoms with Gasteiger partial charge < -0.3 is 9.51 Å². The summed E-state index contributed by atoms with van der Waals surface area (Å²) >= 11 is 0. The van der Waals surface area contributed by atoms with Gasteiger partial charge in [0.2, 0.25) is 0 Å². The van der Waals surface area contributed by atoms with Gasteiger partial charge in [-0.3, -0.25) is 4.68 Å². The van der Waals surface area contributed by atoms with Crippen LogP contribution in [0, 0.1) is 20.8 Å². The molecule has 0 saturated heterocycles. The fraction of sp³-hybridized carbons (Fsp3) is 0.235. The average Bonchev–Trinajstić information content (AvgIpc) is 3.17. The molecule has 6 nitrogen and oxygen atoms in total. The number of aryl methyl sites for hydroxylation is 4. The summed E-state index contributed by atoms with van der Waals surface area (Å²) in [6, 6.07) is 6.23. The summed E-state index contributed by atoms with van der Waals surface area (Å²) in [7, 11) is 1.93. The van der Waals surface area contributed by atoms with Gasteiger partial charge in [0.25, 0.3) is 0 Å². The quantitative estimate of drug-likeness (QED) is 0.614. The van der Waals surface area contributed by atoms with Crippen molar-refractivity contribution in [2.24, 2.45) is 7.05 Å². The van der Waals surface area contributed by atoms with Crippen molar-refractivity contribution in [1.82, 2.24) is 24.9 Å². The summed E-state index contributed by atoms with van der Waals surface area (Å²) in [5.41, 5.74) is 6.99. The molecule has 1 aromatic carbocycles. The minimum Gasteiger partial charge on any atom is -0.361 e. The van der Waals surface area contributed by atoms with Crippen LogP contribution < -0.4 is 0 Å². The first-order valence-corrected chi connectivity index (χ1v) is 7.46. The van der Waals surface area contributed by atoms with Gasteiger partial charge in [-0.15, -0.1) is 0 Å². The fourth-order valence-electron chi connectivity index (χ4n) is 3.11. The maximum Gasteiger partial charge on any atom is 0.141 e. The number of nitrogens with zero attached hydrogens (tertiary/aromatic N) is 4. The van der Waals surface area contributed by atoms with Crippen LogP contribution in [0.15, 0.2) is 28.9 Å². The molecule has 0 spiro atoms. The van der Waals surface area contributed by atoms with Crippen LogP contribution in [-0.4, -0.2) is 24.9 Å². The van der Waals surface area contributed by atoms with Crippen LogP contribution in [0.25, 0.3) is 33.4 Å². The van der Waals surface area contributed by atoms with Crippen LogP contribution in [0.1, 0.15) is 17.3 Å². The third-order valence-corrected chi connectivity index (χ3v) is 4.12. The average molecular weight is 307 g/mol. The molecule has 3 heterocycles. The lowest BCUT2D eigenvalue weighted by molar-refractivity contribution is 0.393. The fourth-order valence-corrected chi connectivity index (χ4v) is 3.11. The highest BCUT2D eigenvalue weighted by Crippen LogP contribution is 2.35. The molecule has 0 unspecified atom stereocenters. The van der Waals surface area contributed by atoms with Gasteiger partial charge in [-0.05, 0) is 44.5 Å². The summed E-state index contributed by atoms with van der Waals surface area (Å²) in [6.45, 7) is 5.85. The van der Waals surface area contributed by atoms with Gasteiger partial charge in [-0.25, -0.2) is 4.98 Å². The lowest BCUT2D eigenvalue weighted by Gasteiger charge is -2.07. The molecule has 0 saturated carbocycles. The zero-order valence-corrected chi connectivity index (χ0v) is 13.5. The number of aromatic amines is 1. The number of aromatic nitrogens is 5. The van der Waals surface area contributed by atoms with Crippen molar-refractivity contribution in [3.8, 4) is 22.4 Å². The van der Waals surface area contributed by atoms with Gasteiger partial charge in [0.05, 0.1) is 22.4 Å². The maximum atomic E-state index is 5.33. The van der Waals surface area contributed by atoms with Gasteiger partial charge in [-0.1, -0.05) is 5.16 Å². The predicted molar refractivity (Wildman–Crippen MR) is 88.0 cm³/mol. The number of nitrogens with one attached hydrogen (secondary N) is 1. The first-order chi connectivity index (χ1) is 11.0. The normalized spacial score (nSPS) is 11.5. The maximum absolute atomic E-state index is 5.33. The Balaban J connectivity index is 2.07. The van der Waals surface area contributed by atoms with Crippen molar-refractivity contribution in [3.63, 3.8) is 0 Å². The first-order valence-electron chi connectivity index (χ1n) is 7.46. The van der Waals surface area contributed by atoms with E-state index in [0.29, 0.717) is 0 Å². The van der Waals surface area contributed by atoms with E-state index in [9.17, 15) is 0 Å². The molecule has 0 aliphatic carbocycles. The third-order valence-electron chi connectivity index (χ3n) is 4.12. The highest BCUT2D eigenvalue weighted by atomic mass is 16.5. The topological polar surface area (TPSA) is 72.5 Å². The van der Waals surface area contributed by atoms with Gasteiger partial charge in [-0.2, -0.15) is 5.10 Å². The molecule has 116 valence electrons. The second kappa shape index (κ2) is 4.81. The van der Waals surface area contributed by atoms with E-state index in [1.54, 1.807) is 6.20 Å². The Labute approximate surface area is 133 Å². The smallest absolute Gasteiger partial charge is 0.141 e. The molecule has 0 aliphatic rings. The van der Waals surface area contributed by atoms with Crippen molar-refractivity contribution in [2.45, 2.75) is 20.8 Å². The van der Waals surface area contributed by atoms with Gasteiger partial charge in [0, 0.05) is 24.4 Å². The number of benzene rings is 1. The van der Waals surface area contributed by atoms with E-state index < -0.39 is 0 Å². The van der Waals surface area contributed by atoms with E-state index in [2.05, 4.69) is 32.4 Å². The molecule has 1 N–H and O–H groups in total.